The molecule has 0 amide bonds. The summed E-state index contributed by atoms with van der Waals surface area (Å²) < 4.78 is 1.17. The van der Waals surface area contributed by atoms with Crippen LogP contribution in [0.4, 0.5) is 0 Å². The molecule has 0 radical (unpaired) electrons. The van der Waals surface area contributed by atoms with Crippen molar-refractivity contribution in [3.05, 3.63) is 33.4 Å². The summed E-state index contributed by atoms with van der Waals surface area (Å²) in [6, 6.07) is 8.76. The van der Waals surface area contributed by atoms with E-state index < -0.39 is 0 Å². The standard InChI is InChI=1S/C14H18INO/c1-10-3-2-4-13(16-10)9-14(17)11-5-7-12(15)8-6-11/h5-8,10,13,16H,2-4,9H2,1H3. The Morgan fingerprint density at radius 1 is 1.35 bits per heavy atom. The van der Waals surface area contributed by atoms with Gasteiger partial charge in [-0.15, -0.1) is 0 Å². The molecular formula is C14H18INO. The minimum atomic E-state index is 0.257. The molecule has 0 aliphatic carbocycles. The third-order valence-corrected chi connectivity index (χ3v) is 4.03. The van der Waals surface area contributed by atoms with Crippen molar-refractivity contribution < 1.29 is 4.79 Å². The zero-order valence-corrected chi connectivity index (χ0v) is 12.2. The molecule has 1 aliphatic heterocycles. The normalized spacial score (nSPS) is 24.6. The Balaban J connectivity index is 1.94. The van der Waals surface area contributed by atoms with Gasteiger partial charge >= 0.3 is 0 Å². The summed E-state index contributed by atoms with van der Waals surface area (Å²) in [5.41, 5.74) is 0.838. The molecule has 1 aromatic rings. The topological polar surface area (TPSA) is 29.1 Å². The van der Waals surface area contributed by atoms with Gasteiger partial charge in [0.25, 0.3) is 0 Å². The zero-order valence-electron chi connectivity index (χ0n) is 10.1. The first-order valence-corrected chi connectivity index (χ1v) is 7.28. The molecule has 1 aliphatic rings. The summed E-state index contributed by atoms with van der Waals surface area (Å²) >= 11 is 2.25. The van der Waals surface area contributed by atoms with Gasteiger partial charge in [0.1, 0.15) is 0 Å². The van der Waals surface area contributed by atoms with Crippen LogP contribution in [-0.2, 0) is 0 Å². The first-order valence-electron chi connectivity index (χ1n) is 6.20. The lowest BCUT2D eigenvalue weighted by molar-refractivity contribution is 0.0960. The van der Waals surface area contributed by atoms with Gasteiger partial charge in [-0.2, -0.15) is 0 Å². The first-order chi connectivity index (χ1) is 8.15. The highest BCUT2D eigenvalue weighted by molar-refractivity contribution is 14.1. The quantitative estimate of drug-likeness (QED) is 0.673. The predicted octanol–water partition coefficient (Wildman–Crippen LogP) is 3.39. The average molecular weight is 343 g/mol. The van der Waals surface area contributed by atoms with E-state index >= 15 is 0 Å². The van der Waals surface area contributed by atoms with E-state index in [2.05, 4.69) is 34.8 Å². The number of hydrogen-bond donors (Lipinski definition) is 1. The van der Waals surface area contributed by atoms with Gasteiger partial charge in [-0.05, 0) is 54.5 Å². The van der Waals surface area contributed by atoms with Crippen LogP contribution in [0.2, 0.25) is 0 Å². The lowest BCUT2D eigenvalue weighted by atomic mass is 9.94. The number of Topliss-reactive ketones (excluding diaryl/α,β-unsaturated/α-hetero) is 1. The maximum atomic E-state index is 12.1. The number of carbonyl (C=O) groups excluding carboxylic acids is 1. The van der Waals surface area contributed by atoms with Gasteiger partial charge in [0.05, 0.1) is 0 Å². The summed E-state index contributed by atoms with van der Waals surface area (Å²) in [5, 5.41) is 3.51. The van der Waals surface area contributed by atoms with E-state index in [4.69, 9.17) is 0 Å². The molecule has 2 atom stereocenters. The van der Waals surface area contributed by atoms with Crippen molar-refractivity contribution in [2.24, 2.45) is 0 Å². The van der Waals surface area contributed by atoms with Crippen LogP contribution in [0.25, 0.3) is 0 Å². The smallest absolute Gasteiger partial charge is 0.164 e. The molecular weight excluding hydrogens is 325 g/mol. The Bertz CT molecular complexity index is 388. The highest BCUT2D eigenvalue weighted by Gasteiger charge is 2.20. The molecule has 0 bridgehead atoms. The molecule has 0 spiro atoms. The minimum absolute atomic E-state index is 0.257. The third-order valence-electron chi connectivity index (χ3n) is 3.31. The lowest BCUT2D eigenvalue weighted by Gasteiger charge is -2.28. The molecule has 17 heavy (non-hydrogen) atoms. The van der Waals surface area contributed by atoms with E-state index in [1.54, 1.807) is 0 Å². The highest BCUT2D eigenvalue weighted by atomic mass is 127. The molecule has 1 aromatic carbocycles. The predicted molar refractivity (Wildman–Crippen MR) is 78.3 cm³/mol. The largest absolute Gasteiger partial charge is 0.311 e. The van der Waals surface area contributed by atoms with E-state index in [1.165, 1.54) is 16.4 Å². The second-order valence-corrected chi connectivity index (χ2v) is 6.08. The fourth-order valence-corrected chi connectivity index (χ4v) is 2.74. The molecule has 92 valence electrons. The Kier molecular flexibility index (Phi) is 4.56. The summed E-state index contributed by atoms with van der Waals surface area (Å²) in [6.07, 6.45) is 4.22. The number of ketones is 1. The summed E-state index contributed by atoms with van der Waals surface area (Å²) in [6.45, 7) is 2.20. The van der Waals surface area contributed by atoms with Gasteiger partial charge in [0, 0.05) is 27.6 Å². The third kappa shape index (κ3) is 3.78. The van der Waals surface area contributed by atoms with Gasteiger partial charge in [-0.25, -0.2) is 0 Å². The van der Waals surface area contributed by atoms with Crippen LogP contribution in [0.15, 0.2) is 24.3 Å². The van der Waals surface area contributed by atoms with Crippen molar-refractivity contribution >= 4 is 28.4 Å². The molecule has 2 unspecified atom stereocenters. The summed E-state index contributed by atoms with van der Waals surface area (Å²) in [5.74, 6) is 0.257. The van der Waals surface area contributed by atoms with Crippen molar-refractivity contribution in [1.82, 2.24) is 5.32 Å². The second kappa shape index (κ2) is 5.96. The molecule has 2 rings (SSSR count). The molecule has 3 heteroatoms. The Labute approximate surface area is 116 Å². The molecule has 1 N–H and O–H groups in total. The van der Waals surface area contributed by atoms with Gasteiger partial charge in [-0.3, -0.25) is 4.79 Å². The highest BCUT2D eigenvalue weighted by Crippen LogP contribution is 2.17. The maximum Gasteiger partial charge on any atom is 0.164 e. The van der Waals surface area contributed by atoms with E-state index in [0.717, 1.165) is 12.0 Å². The Morgan fingerprint density at radius 3 is 2.71 bits per heavy atom. The van der Waals surface area contributed by atoms with E-state index in [1.807, 2.05) is 24.3 Å². The second-order valence-electron chi connectivity index (χ2n) is 4.83. The van der Waals surface area contributed by atoms with E-state index in [0.29, 0.717) is 18.5 Å². The Hall–Kier alpha value is -0.420. The fraction of sp³-hybridized carbons (Fsp3) is 0.500. The molecule has 1 fully saturated rings. The van der Waals surface area contributed by atoms with Gasteiger partial charge in [-0.1, -0.05) is 18.6 Å². The first kappa shape index (κ1) is 13.0. The number of rotatable bonds is 3. The van der Waals surface area contributed by atoms with Crippen molar-refractivity contribution in [3.63, 3.8) is 0 Å². The summed E-state index contributed by atoms with van der Waals surface area (Å²) in [7, 11) is 0. The van der Waals surface area contributed by atoms with Crippen LogP contribution in [0, 0.1) is 3.57 Å². The maximum absolute atomic E-state index is 12.1. The van der Waals surface area contributed by atoms with Gasteiger partial charge in [0.15, 0.2) is 5.78 Å². The van der Waals surface area contributed by atoms with Crippen LogP contribution >= 0.6 is 22.6 Å². The van der Waals surface area contributed by atoms with Crippen molar-refractivity contribution in [1.29, 1.82) is 0 Å². The van der Waals surface area contributed by atoms with Crippen LogP contribution in [0.1, 0.15) is 43.0 Å². The van der Waals surface area contributed by atoms with E-state index in [9.17, 15) is 4.79 Å². The minimum Gasteiger partial charge on any atom is -0.311 e. The molecule has 1 saturated heterocycles. The monoisotopic (exact) mass is 343 g/mol. The number of hydrogen-bond acceptors (Lipinski definition) is 2. The zero-order chi connectivity index (χ0) is 12.3. The Morgan fingerprint density at radius 2 is 2.06 bits per heavy atom. The van der Waals surface area contributed by atoms with Crippen molar-refractivity contribution in [3.8, 4) is 0 Å². The SMILES string of the molecule is CC1CCCC(CC(=O)c2ccc(I)cc2)N1. The molecule has 0 saturated carbocycles. The van der Waals surface area contributed by atoms with Gasteiger partial charge < -0.3 is 5.32 Å². The molecule has 2 nitrogen and oxygen atoms in total. The van der Waals surface area contributed by atoms with Crippen molar-refractivity contribution in [2.75, 3.05) is 0 Å². The number of halogens is 1. The molecule has 1 heterocycles. The van der Waals surface area contributed by atoms with Gasteiger partial charge in [0.2, 0.25) is 0 Å². The van der Waals surface area contributed by atoms with Crippen LogP contribution in [0.3, 0.4) is 0 Å². The van der Waals surface area contributed by atoms with Crippen LogP contribution in [0.5, 0.6) is 0 Å². The van der Waals surface area contributed by atoms with Crippen molar-refractivity contribution in [2.45, 2.75) is 44.7 Å². The molecule has 0 aromatic heterocycles. The average Bonchev–Trinajstić information content (AvgIpc) is 2.29. The van der Waals surface area contributed by atoms with Crippen LogP contribution < -0.4 is 5.32 Å². The lowest BCUT2D eigenvalue weighted by Crippen LogP contribution is -2.41. The number of nitrogens with one attached hydrogen (secondary N) is 1. The number of benzene rings is 1. The number of carbonyl (C=O) groups is 1. The fourth-order valence-electron chi connectivity index (χ4n) is 2.38. The number of piperidine rings is 1. The summed E-state index contributed by atoms with van der Waals surface area (Å²) in [4.78, 5) is 12.1. The van der Waals surface area contributed by atoms with Crippen LogP contribution in [-0.4, -0.2) is 17.9 Å². The van der Waals surface area contributed by atoms with E-state index in [-0.39, 0.29) is 5.78 Å².